The number of aromatic amines is 1. The van der Waals surface area contributed by atoms with E-state index in [1.165, 1.54) is 32.1 Å². The van der Waals surface area contributed by atoms with Crippen molar-refractivity contribution in [3.05, 3.63) is 18.3 Å². The van der Waals surface area contributed by atoms with Crippen LogP contribution in [0.25, 0.3) is 10.9 Å². The number of anilines is 2. The average molecular weight is 258 g/mol. The number of nitrogens with one attached hydrogen (secondary N) is 2. The number of nitrogens with zero attached hydrogens (tertiary/aromatic N) is 1. The zero-order chi connectivity index (χ0) is 13.2. The van der Waals surface area contributed by atoms with Crippen LogP contribution in [0.4, 0.5) is 11.4 Å². The Kier molecular flexibility index (Phi) is 3.32. The molecule has 19 heavy (non-hydrogen) atoms. The molecule has 4 N–H and O–H groups in total. The first-order valence-electron chi connectivity index (χ1n) is 7.23. The number of nitrogen functional groups attached to an aromatic ring is 1. The van der Waals surface area contributed by atoms with Gasteiger partial charge in [-0.2, -0.15) is 5.10 Å². The van der Waals surface area contributed by atoms with Crippen LogP contribution in [0.3, 0.4) is 0 Å². The Balaban J connectivity index is 1.77. The van der Waals surface area contributed by atoms with Gasteiger partial charge in [0.25, 0.3) is 0 Å². The van der Waals surface area contributed by atoms with Crippen molar-refractivity contribution in [2.24, 2.45) is 5.92 Å². The third-order valence-electron chi connectivity index (χ3n) is 4.35. The maximum Gasteiger partial charge on any atom is 0.0672 e. The molecule has 0 saturated heterocycles. The van der Waals surface area contributed by atoms with Crippen LogP contribution in [0, 0.1) is 5.92 Å². The number of H-pyrrole nitrogens is 1. The molecular formula is C15H22N4. The molecule has 1 saturated carbocycles. The third kappa shape index (κ3) is 2.53. The third-order valence-corrected chi connectivity index (χ3v) is 4.35. The quantitative estimate of drug-likeness (QED) is 0.738. The molecule has 1 aliphatic carbocycles. The van der Waals surface area contributed by atoms with E-state index in [0.717, 1.165) is 28.2 Å². The van der Waals surface area contributed by atoms with Crippen molar-refractivity contribution < 1.29 is 0 Å². The minimum absolute atomic E-state index is 0.475. The van der Waals surface area contributed by atoms with Crippen molar-refractivity contribution in [2.75, 3.05) is 11.1 Å². The molecule has 1 aromatic heterocycles. The van der Waals surface area contributed by atoms with Crippen LogP contribution in [0.1, 0.15) is 39.0 Å². The Bertz CT molecular complexity index is 554. The number of nitrogens with two attached hydrogens (primary N) is 1. The number of fused-ring (bicyclic) bond motifs is 1. The summed E-state index contributed by atoms with van der Waals surface area (Å²) in [6.07, 6.45) is 8.60. The number of aromatic nitrogens is 2. The molecule has 0 radical (unpaired) electrons. The second-order valence-electron chi connectivity index (χ2n) is 5.73. The standard InChI is InChI=1S/C15H22N4/c1-10(11-5-3-2-4-6-11)18-15-8-14-12(7-13(15)16)9-17-19-14/h7-11,18H,2-6,16H2,1H3,(H,17,19). The molecule has 0 bridgehead atoms. The Hall–Kier alpha value is -1.71. The Labute approximate surface area is 113 Å². The van der Waals surface area contributed by atoms with Crippen molar-refractivity contribution in [3.63, 3.8) is 0 Å². The molecule has 4 heteroatoms. The van der Waals surface area contributed by atoms with Gasteiger partial charge in [-0.1, -0.05) is 19.3 Å². The van der Waals surface area contributed by atoms with Gasteiger partial charge in [-0.15, -0.1) is 0 Å². The molecule has 0 aliphatic heterocycles. The lowest BCUT2D eigenvalue weighted by Gasteiger charge is -2.29. The number of benzene rings is 1. The van der Waals surface area contributed by atoms with E-state index in [1.54, 1.807) is 6.20 Å². The smallest absolute Gasteiger partial charge is 0.0672 e. The first-order valence-corrected chi connectivity index (χ1v) is 7.23. The second kappa shape index (κ2) is 5.11. The van der Waals surface area contributed by atoms with E-state index in [4.69, 9.17) is 5.73 Å². The fourth-order valence-electron chi connectivity index (χ4n) is 3.13. The van der Waals surface area contributed by atoms with Gasteiger partial charge in [0.1, 0.15) is 0 Å². The minimum Gasteiger partial charge on any atom is -0.397 e. The summed E-state index contributed by atoms with van der Waals surface area (Å²) in [6, 6.07) is 4.52. The van der Waals surface area contributed by atoms with Gasteiger partial charge in [0.2, 0.25) is 0 Å². The van der Waals surface area contributed by atoms with Gasteiger partial charge in [0.15, 0.2) is 0 Å². The predicted octanol–water partition coefficient (Wildman–Crippen LogP) is 3.53. The van der Waals surface area contributed by atoms with Crippen LogP contribution in [0.2, 0.25) is 0 Å². The van der Waals surface area contributed by atoms with Crippen molar-refractivity contribution in [1.29, 1.82) is 0 Å². The summed E-state index contributed by atoms with van der Waals surface area (Å²) in [5.74, 6) is 0.769. The molecule has 0 spiro atoms. The van der Waals surface area contributed by atoms with Crippen LogP contribution in [-0.4, -0.2) is 16.2 Å². The molecule has 4 nitrogen and oxygen atoms in total. The molecule has 0 amide bonds. The summed E-state index contributed by atoms with van der Waals surface area (Å²) in [5.41, 5.74) is 8.98. The largest absolute Gasteiger partial charge is 0.397 e. The van der Waals surface area contributed by atoms with Crippen molar-refractivity contribution in [3.8, 4) is 0 Å². The van der Waals surface area contributed by atoms with Gasteiger partial charge >= 0.3 is 0 Å². The van der Waals surface area contributed by atoms with Crippen LogP contribution in [0.15, 0.2) is 18.3 Å². The molecule has 1 atom stereocenters. The minimum atomic E-state index is 0.475. The maximum atomic E-state index is 6.12. The molecule has 102 valence electrons. The molecule has 1 heterocycles. The topological polar surface area (TPSA) is 66.7 Å². The van der Waals surface area contributed by atoms with Gasteiger partial charge in [0, 0.05) is 11.4 Å². The van der Waals surface area contributed by atoms with Crippen LogP contribution in [-0.2, 0) is 0 Å². The van der Waals surface area contributed by atoms with E-state index in [1.807, 2.05) is 6.07 Å². The highest BCUT2D eigenvalue weighted by Crippen LogP contribution is 2.30. The molecule has 1 unspecified atom stereocenters. The van der Waals surface area contributed by atoms with Crippen molar-refractivity contribution in [1.82, 2.24) is 10.2 Å². The summed E-state index contributed by atoms with van der Waals surface area (Å²) >= 11 is 0. The van der Waals surface area contributed by atoms with Gasteiger partial charge in [-0.3, -0.25) is 5.10 Å². The van der Waals surface area contributed by atoms with Crippen LogP contribution in [0.5, 0.6) is 0 Å². The molecule has 3 rings (SSSR count). The van der Waals surface area contributed by atoms with E-state index in [-0.39, 0.29) is 0 Å². The predicted molar refractivity (Wildman–Crippen MR) is 80.2 cm³/mol. The molecule has 1 aromatic carbocycles. The fraction of sp³-hybridized carbons (Fsp3) is 0.533. The number of hydrogen-bond acceptors (Lipinski definition) is 3. The summed E-state index contributed by atoms with van der Waals surface area (Å²) < 4.78 is 0. The number of rotatable bonds is 3. The second-order valence-corrected chi connectivity index (χ2v) is 5.73. The van der Waals surface area contributed by atoms with Gasteiger partial charge < -0.3 is 11.1 Å². The van der Waals surface area contributed by atoms with E-state index in [2.05, 4.69) is 28.5 Å². The fourth-order valence-corrected chi connectivity index (χ4v) is 3.13. The lowest BCUT2D eigenvalue weighted by atomic mass is 9.84. The monoisotopic (exact) mass is 258 g/mol. The van der Waals surface area contributed by atoms with Gasteiger partial charge in [-0.05, 0) is 37.8 Å². The summed E-state index contributed by atoms with van der Waals surface area (Å²) in [6.45, 7) is 2.27. The molecular weight excluding hydrogens is 236 g/mol. The highest BCUT2D eigenvalue weighted by Gasteiger charge is 2.20. The highest BCUT2D eigenvalue weighted by atomic mass is 15.1. The highest BCUT2D eigenvalue weighted by molar-refractivity contribution is 5.88. The van der Waals surface area contributed by atoms with Gasteiger partial charge in [-0.25, -0.2) is 0 Å². The molecule has 1 fully saturated rings. The van der Waals surface area contributed by atoms with Crippen molar-refractivity contribution >= 4 is 22.3 Å². The summed E-state index contributed by atoms with van der Waals surface area (Å²) in [4.78, 5) is 0. The molecule has 1 aliphatic rings. The molecule has 2 aromatic rings. The lowest BCUT2D eigenvalue weighted by molar-refractivity contribution is 0.328. The van der Waals surface area contributed by atoms with E-state index < -0.39 is 0 Å². The normalized spacial score (nSPS) is 18.6. The lowest BCUT2D eigenvalue weighted by Crippen LogP contribution is -2.28. The van der Waals surface area contributed by atoms with Gasteiger partial charge in [0.05, 0.1) is 23.1 Å². The van der Waals surface area contributed by atoms with Crippen LogP contribution >= 0.6 is 0 Å². The SMILES string of the molecule is CC(Nc1cc2[nH]ncc2cc1N)C1CCCCC1. The van der Waals surface area contributed by atoms with Crippen molar-refractivity contribution in [2.45, 2.75) is 45.1 Å². The summed E-state index contributed by atoms with van der Waals surface area (Å²) in [5, 5.41) is 11.7. The van der Waals surface area contributed by atoms with E-state index in [9.17, 15) is 0 Å². The maximum absolute atomic E-state index is 6.12. The summed E-state index contributed by atoms with van der Waals surface area (Å²) in [7, 11) is 0. The Morgan fingerprint density at radius 1 is 1.32 bits per heavy atom. The first kappa shape index (κ1) is 12.3. The first-order chi connectivity index (χ1) is 9.24. The number of hydrogen-bond donors (Lipinski definition) is 3. The zero-order valence-electron chi connectivity index (χ0n) is 11.4. The average Bonchev–Trinajstić information content (AvgIpc) is 2.87. The zero-order valence-corrected chi connectivity index (χ0v) is 11.4. The Morgan fingerprint density at radius 3 is 2.89 bits per heavy atom. The van der Waals surface area contributed by atoms with E-state index >= 15 is 0 Å². The van der Waals surface area contributed by atoms with Crippen LogP contribution < -0.4 is 11.1 Å². The van der Waals surface area contributed by atoms with E-state index in [0.29, 0.717) is 6.04 Å². The Morgan fingerprint density at radius 2 is 2.11 bits per heavy atom.